The van der Waals surface area contributed by atoms with Gasteiger partial charge in [0, 0.05) is 10.2 Å². The Morgan fingerprint density at radius 2 is 1.85 bits per heavy atom. The van der Waals surface area contributed by atoms with E-state index in [0.29, 0.717) is 10.2 Å². The van der Waals surface area contributed by atoms with E-state index in [2.05, 4.69) is 21.2 Å². The molecule has 0 aliphatic carbocycles. The van der Waals surface area contributed by atoms with Gasteiger partial charge in [0.15, 0.2) is 0 Å². The summed E-state index contributed by atoms with van der Waals surface area (Å²) < 4.78 is 17.5. The minimum atomic E-state index is -1.36. The van der Waals surface area contributed by atoms with E-state index < -0.39 is 29.0 Å². The van der Waals surface area contributed by atoms with Crippen LogP contribution in [0.25, 0.3) is 0 Å². The van der Waals surface area contributed by atoms with Crippen molar-refractivity contribution < 1.29 is 18.8 Å². The minimum absolute atomic E-state index is 0.0261. The van der Waals surface area contributed by atoms with Gasteiger partial charge in [-0.3, -0.25) is 4.21 Å². The van der Waals surface area contributed by atoms with Crippen LogP contribution >= 0.6 is 15.9 Å². The van der Waals surface area contributed by atoms with Gasteiger partial charge in [0.2, 0.25) is 0 Å². The summed E-state index contributed by atoms with van der Waals surface area (Å²) in [6, 6.07) is 16.0. The van der Waals surface area contributed by atoms with Gasteiger partial charge >= 0.3 is 6.09 Å². The van der Waals surface area contributed by atoms with Gasteiger partial charge in [-0.05, 0) is 24.6 Å². The van der Waals surface area contributed by atoms with Crippen LogP contribution < -0.4 is 5.32 Å². The Labute approximate surface area is 164 Å². The predicted molar refractivity (Wildman–Crippen MR) is 106 cm³/mol. The summed E-state index contributed by atoms with van der Waals surface area (Å²) >= 11 is 3.27. The molecule has 0 aliphatic heterocycles. The first-order valence-corrected chi connectivity index (χ1v) is 10.6. The normalized spacial score (nSPS) is 14.3. The highest BCUT2D eigenvalue weighted by Crippen LogP contribution is 2.11. The number of benzene rings is 2. The maximum Gasteiger partial charge on any atom is 0.407 e. The summed E-state index contributed by atoms with van der Waals surface area (Å²) in [5.41, 5.74) is 1.95. The molecule has 0 heterocycles. The van der Waals surface area contributed by atoms with Crippen LogP contribution in [0.4, 0.5) is 4.79 Å². The molecule has 140 valence electrons. The number of alkyl carbamates (subject to hydrolysis) is 1. The summed E-state index contributed by atoms with van der Waals surface area (Å²) in [6.45, 7) is 2.10. The molecule has 0 saturated heterocycles. The second-order valence-corrected chi connectivity index (χ2v) is 8.00. The number of aryl methyl sites for hydroxylation is 1. The van der Waals surface area contributed by atoms with E-state index in [-0.39, 0.29) is 12.4 Å². The number of ether oxygens (including phenoxy) is 1. The number of aliphatic hydroxyl groups excluding tert-OH is 1. The number of aliphatic hydroxyl groups is 1. The van der Waals surface area contributed by atoms with E-state index in [4.69, 9.17) is 4.74 Å². The molecule has 3 atom stereocenters. The Hall–Kier alpha value is -1.70. The Morgan fingerprint density at radius 3 is 2.46 bits per heavy atom. The molecule has 7 heteroatoms. The van der Waals surface area contributed by atoms with Crippen molar-refractivity contribution in [1.29, 1.82) is 0 Å². The zero-order valence-electron chi connectivity index (χ0n) is 14.4. The molecule has 2 N–H and O–H groups in total. The lowest BCUT2D eigenvalue weighted by Gasteiger charge is -2.21. The Morgan fingerprint density at radius 1 is 1.19 bits per heavy atom. The van der Waals surface area contributed by atoms with Crippen LogP contribution in [0.3, 0.4) is 0 Å². The molecule has 0 bridgehead atoms. The van der Waals surface area contributed by atoms with Crippen LogP contribution in [0.2, 0.25) is 0 Å². The molecule has 0 aromatic heterocycles. The summed E-state index contributed by atoms with van der Waals surface area (Å²) in [4.78, 5) is 12.6. The van der Waals surface area contributed by atoms with Gasteiger partial charge in [-0.2, -0.15) is 0 Å². The molecule has 26 heavy (non-hydrogen) atoms. The molecular weight excluding hydrogens is 418 g/mol. The SMILES string of the molecule is Cc1ccc([S@](=O)C[C@@H](O)[C@@H](CBr)NC(=O)OCc2ccccc2)cc1. The third-order valence-electron chi connectivity index (χ3n) is 3.75. The number of carbonyl (C=O) groups is 1. The quantitative estimate of drug-likeness (QED) is 0.619. The molecule has 0 aliphatic rings. The highest BCUT2D eigenvalue weighted by atomic mass is 79.9. The third kappa shape index (κ3) is 6.55. The number of halogens is 1. The van der Waals surface area contributed by atoms with Crippen LogP contribution in [-0.4, -0.2) is 38.6 Å². The van der Waals surface area contributed by atoms with E-state index in [1.807, 2.05) is 49.4 Å². The van der Waals surface area contributed by atoms with Crippen LogP contribution in [-0.2, 0) is 22.1 Å². The Balaban J connectivity index is 1.85. The van der Waals surface area contributed by atoms with Gasteiger partial charge < -0.3 is 15.2 Å². The van der Waals surface area contributed by atoms with Crippen LogP contribution in [0.1, 0.15) is 11.1 Å². The molecule has 5 nitrogen and oxygen atoms in total. The van der Waals surface area contributed by atoms with Gasteiger partial charge in [0.05, 0.1) is 28.7 Å². The zero-order valence-corrected chi connectivity index (χ0v) is 16.8. The van der Waals surface area contributed by atoms with Crippen LogP contribution in [0.15, 0.2) is 59.5 Å². The van der Waals surface area contributed by atoms with Crippen molar-refractivity contribution in [3.63, 3.8) is 0 Å². The van der Waals surface area contributed by atoms with Crippen molar-refractivity contribution >= 4 is 32.8 Å². The molecule has 0 fully saturated rings. The lowest BCUT2D eigenvalue weighted by atomic mass is 10.2. The monoisotopic (exact) mass is 439 g/mol. The van der Waals surface area contributed by atoms with E-state index in [1.54, 1.807) is 12.1 Å². The van der Waals surface area contributed by atoms with E-state index in [9.17, 15) is 14.1 Å². The molecule has 0 unspecified atom stereocenters. The number of alkyl halides is 1. The molecular formula is C19H22BrNO4S. The first kappa shape index (κ1) is 20.6. The highest BCUT2D eigenvalue weighted by Gasteiger charge is 2.23. The zero-order chi connectivity index (χ0) is 18.9. The molecule has 0 saturated carbocycles. The highest BCUT2D eigenvalue weighted by molar-refractivity contribution is 9.09. The third-order valence-corrected chi connectivity index (χ3v) is 5.89. The van der Waals surface area contributed by atoms with Crippen molar-refractivity contribution in [1.82, 2.24) is 5.32 Å². The first-order chi connectivity index (χ1) is 12.5. The van der Waals surface area contributed by atoms with Crippen molar-refractivity contribution in [3.8, 4) is 0 Å². The van der Waals surface area contributed by atoms with E-state index in [1.165, 1.54) is 0 Å². The fraction of sp³-hybridized carbons (Fsp3) is 0.316. The second kappa shape index (κ2) is 10.4. The van der Waals surface area contributed by atoms with Crippen molar-refractivity contribution in [2.75, 3.05) is 11.1 Å². The molecule has 0 radical (unpaired) electrons. The minimum Gasteiger partial charge on any atom is -0.445 e. The van der Waals surface area contributed by atoms with E-state index >= 15 is 0 Å². The summed E-state index contributed by atoms with van der Waals surface area (Å²) in [7, 11) is -1.36. The van der Waals surface area contributed by atoms with Crippen molar-refractivity contribution in [3.05, 3.63) is 65.7 Å². The van der Waals surface area contributed by atoms with E-state index in [0.717, 1.165) is 11.1 Å². The standard InChI is InChI=1S/C19H22BrNO4S/c1-14-7-9-16(10-8-14)26(24)13-18(22)17(11-20)21-19(23)25-12-15-5-3-2-4-6-15/h2-10,17-18,22H,11-13H2,1H3,(H,21,23)/t17-,18-,26-/m1/s1. The van der Waals surface area contributed by atoms with Gasteiger partial charge in [-0.15, -0.1) is 0 Å². The average Bonchev–Trinajstić information content (AvgIpc) is 2.65. The van der Waals surface area contributed by atoms with Crippen molar-refractivity contribution in [2.45, 2.75) is 30.6 Å². The molecule has 2 aromatic rings. The maximum atomic E-state index is 12.4. The van der Waals surface area contributed by atoms with Crippen LogP contribution in [0, 0.1) is 6.92 Å². The number of nitrogens with one attached hydrogen (secondary N) is 1. The number of hydrogen-bond donors (Lipinski definition) is 2. The molecule has 2 aromatic carbocycles. The first-order valence-electron chi connectivity index (χ1n) is 8.16. The summed E-state index contributed by atoms with van der Waals surface area (Å²) in [6.07, 6.45) is -1.60. The number of amides is 1. The maximum absolute atomic E-state index is 12.4. The Kier molecular flexibility index (Phi) is 8.28. The van der Waals surface area contributed by atoms with Crippen molar-refractivity contribution in [2.24, 2.45) is 0 Å². The predicted octanol–water partition coefficient (Wildman–Crippen LogP) is 3.15. The average molecular weight is 440 g/mol. The number of hydrogen-bond acceptors (Lipinski definition) is 4. The summed E-state index contributed by atoms with van der Waals surface area (Å²) in [5, 5.41) is 13.3. The summed E-state index contributed by atoms with van der Waals surface area (Å²) in [5.74, 6) is 0.0261. The lowest BCUT2D eigenvalue weighted by molar-refractivity contribution is 0.116. The smallest absolute Gasteiger partial charge is 0.407 e. The largest absolute Gasteiger partial charge is 0.445 e. The van der Waals surface area contributed by atoms with Gasteiger partial charge in [0.25, 0.3) is 0 Å². The van der Waals surface area contributed by atoms with Crippen LogP contribution in [0.5, 0.6) is 0 Å². The Bertz CT molecular complexity index is 724. The van der Waals surface area contributed by atoms with Gasteiger partial charge in [-0.1, -0.05) is 64.0 Å². The second-order valence-electron chi connectivity index (χ2n) is 5.86. The van der Waals surface area contributed by atoms with Gasteiger partial charge in [-0.25, -0.2) is 4.79 Å². The molecule has 1 amide bonds. The molecule has 0 spiro atoms. The lowest BCUT2D eigenvalue weighted by Crippen LogP contribution is -2.46. The molecule has 2 rings (SSSR count). The fourth-order valence-corrected chi connectivity index (χ4v) is 3.98. The number of carbonyl (C=O) groups excluding carboxylic acids is 1. The topological polar surface area (TPSA) is 75.6 Å². The fourth-order valence-electron chi connectivity index (χ4n) is 2.21. The number of rotatable bonds is 8. The van der Waals surface area contributed by atoms with Gasteiger partial charge in [0.1, 0.15) is 6.61 Å².